The highest BCUT2D eigenvalue weighted by atomic mass is 16.5. The van der Waals surface area contributed by atoms with E-state index in [9.17, 15) is 5.11 Å². The first-order valence-electron chi connectivity index (χ1n) is 7.83. The molecule has 0 saturated carbocycles. The third-order valence-electron chi connectivity index (χ3n) is 3.71. The standard InChI is InChI=1S/C18H21N3O2/c1-2-11-23-17-8-7-13(12-14(17)19)18-20-15-5-3-4-6-16(15)21(18)9-10-22/h3-8,12,22H,2,9-11,19H2,1H3. The normalized spacial score (nSPS) is 11.0. The maximum atomic E-state index is 9.37. The van der Waals surface area contributed by atoms with E-state index in [1.165, 1.54) is 0 Å². The molecule has 0 bridgehead atoms. The molecule has 3 aromatic rings. The number of nitrogens with zero attached hydrogens (tertiary/aromatic N) is 2. The second kappa shape index (κ2) is 6.71. The number of rotatable bonds is 6. The molecule has 1 aromatic heterocycles. The van der Waals surface area contributed by atoms with Crippen molar-refractivity contribution in [2.75, 3.05) is 18.9 Å². The molecular weight excluding hydrogens is 290 g/mol. The van der Waals surface area contributed by atoms with Crippen LogP contribution < -0.4 is 10.5 Å². The van der Waals surface area contributed by atoms with Crippen molar-refractivity contribution in [3.8, 4) is 17.1 Å². The Morgan fingerprint density at radius 1 is 1.22 bits per heavy atom. The lowest BCUT2D eigenvalue weighted by atomic mass is 10.1. The quantitative estimate of drug-likeness (QED) is 0.686. The van der Waals surface area contributed by atoms with Gasteiger partial charge in [0.15, 0.2) is 0 Å². The molecule has 0 aliphatic carbocycles. The number of imidazole rings is 1. The van der Waals surface area contributed by atoms with E-state index < -0.39 is 0 Å². The minimum absolute atomic E-state index is 0.0561. The molecule has 120 valence electrons. The molecule has 5 heteroatoms. The van der Waals surface area contributed by atoms with Crippen molar-refractivity contribution in [1.29, 1.82) is 0 Å². The Kier molecular flexibility index (Phi) is 4.48. The zero-order chi connectivity index (χ0) is 16.2. The lowest BCUT2D eigenvalue weighted by Gasteiger charge is -2.11. The van der Waals surface area contributed by atoms with Crippen molar-refractivity contribution < 1.29 is 9.84 Å². The predicted molar refractivity (Wildman–Crippen MR) is 92.5 cm³/mol. The summed E-state index contributed by atoms with van der Waals surface area (Å²) in [6.07, 6.45) is 0.938. The van der Waals surface area contributed by atoms with Crippen LogP contribution >= 0.6 is 0 Å². The molecule has 0 fully saturated rings. The van der Waals surface area contributed by atoms with Crippen LogP contribution in [-0.4, -0.2) is 27.9 Å². The highest BCUT2D eigenvalue weighted by Crippen LogP contribution is 2.30. The number of benzene rings is 2. The number of aliphatic hydroxyl groups excluding tert-OH is 1. The summed E-state index contributed by atoms with van der Waals surface area (Å²) >= 11 is 0. The van der Waals surface area contributed by atoms with Crippen LogP contribution in [0.25, 0.3) is 22.4 Å². The predicted octanol–water partition coefficient (Wildman–Crippen LogP) is 3.07. The van der Waals surface area contributed by atoms with Gasteiger partial charge in [-0.15, -0.1) is 0 Å². The van der Waals surface area contributed by atoms with Crippen LogP contribution in [-0.2, 0) is 6.54 Å². The minimum atomic E-state index is 0.0561. The highest BCUT2D eigenvalue weighted by Gasteiger charge is 2.13. The molecule has 0 atom stereocenters. The van der Waals surface area contributed by atoms with E-state index in [0.29, 0.717) is 24.6 Å². The van der Waals surface area contributed by atoms with Gasteiger partial charge in [0, 0.05) is 12.1 Å². The van der Waals surface area contributed by atoms with Gasteiger partial charge in [-0.2, -0.15) is 0 Å². The van der Waals surface area contributed by atoms with Crippen molar-refractivity contribution in [3.05, 3.63) is 42.5 Å². The molecule has 0 unspecified atom stereocenters. The molecule has 0 spiro atoms. The molecule has 0 radical (unpaired) electrons. The molecule has 0 saturated heterocycles. The maximum absolute atomic E-state index is 9.37. The number of nitrogen functional groups attached to an aromatic ring is 1. The molecule has 0 aliphatic rings. The van der Waals surface area contributed by atoms with Crippen molar-refractivity contribution in [1.82, 2.24) is 9.55 Å². The third-order valence-corrected chi connectivity index (χ3v) is 3.71. The van der Waals surface area contributed by atoms with Crippen LogP contribution in [0.5, 0.6) is 5.75 Å². The van der Waals surface area contributed by atoms with Gasteiger partial charge in [0.2, 0.25) is 0 Å². The van der Waals surface area contributed by atoms with E-state index in [1.807, 2.05) is 47.0 Å². The lowest BCUT2D eigenvalue weighted by molar-refractivity contribution is 0.278. The topological polar surface area (TPSA) is 73.3 Å². The summed E-state index contributed by atoms with van der Waals surface area (Å²) in [6, 6.07) is 13.6. The Morgan fingerprint density at radius 3 is 2.78 bits per heavy atom. The Bertz CT molecular complexity index is 811. The van der Waals surface area contributed by atoms with Gasteiger partial charge in [-0.1, -0.05) is 19.1 Å². The molecule has 2 aromatic carbocycles. The molecule has 1 heterocycles. The smallest absolute Gasteiger partial charge is 0.142 e. The van der Waals surface area contributed by atoms with E-state index in [4.69, 9.17) is 10.5 Å². The summed E-state index contributed by atoms with van der Waals surface area (Å²) in [5, 5.41) is 9.37. The van der Waals surface area contributed by atoms with Crippen LogP contribution in [0.2, 0.25) is 0 Å². The van der Waals surface area contributed by atoms with E-state index >= 15 is 0 Å². The Labute approximate surface area is 135 Å². The van der Waals surface area contributed by atoms with Gasteiger partial charge < -0.3 is 20.1 Å². The summed E-state index contributed by atoms with van der Waals surface area (Å²) in [7, 11) is 0. The van der Waals surface area contributed by atoms with Gasteiger partial charge in [0.25, 0.3) is 0 Å². The minimum Gasteiger partial charge on any atom is -0.491 e. The van der Waals surface area contributed by atoms with Crippen LogP contribution in [0, 0.1) is 0 Å². The van der Waals surface area contributed by atoms with Crippen LogP contribution in [0.3, 0.4) is 0 Å². The van der Waals surface area contributed by atoms with Crippen LogP contribution in [0.15, 0.2) is 42.5 Å². The number of aliphatic hydroxyl groups is 1. The first kappa shape index (κ1) is 15.4. The van der Waals surface area contributed by atoms with Gasteiger partial charge in [0.1, 0.15) is 11.6 Å². The monoisotopic (exact) mass is 311 g/mol. The third kappa shape index (κ3) is 3.00. The van der Waals surface area contributed by atoms with Gasteiger partial charge in [0.05, 0.1) is 29.9 Å². The van der Waals surface area contributed by atoms with Crippen molar-refractivity contribution in [2.45, 2.75) is 19.9 Å². The number of hydrogen-bond donors (Lipinski definition) is 2. The van der Waals surface area contributed by atoms with Gasteiger partial charge in [-0.25, -0.2) is 4.98 Å². The first-order valence-corrected chi connectivity index (χ1v) is 7.83. The average Bonchev–Trinajstić information content (AvgIpc) is 2.93. The highest BCUT2D eigenvalue weighted by molar-refractivity contribution is 5.81. The number of nitrogens with two attached hydrogens (primary N) is 1. The van der Waals surface area contributed by atoms with Crippen molar-refractivity contribution in [3.63, 3.8) is 0 Å². The van der Waals surface area contributed by atoms with E-state index in [0.717, 1.165) is 28.8 Å². The molecule has 23 heavy (non-hydrogen) atoms. The van der Waals surface area contributed by atoms with Gasteiger partial charge in [-0.05, 0) is 36.8 Å². The van der Waals surface area contributed by atoms with E-state index in [2.05, 4.69) is 11.9 Å². The largest absolute Gasteiger partial charge is 0.491 e. The summed E-state index contributed by atoms with van der Waals surface area (Å²) in [5.41, 5.74) is 9.52. The maximum Gasteiger partial charge on any atom is 0.142 e. The summed E-state index contributed by atoms with van der Waals surface area (Å²) in [4.78, 5) is 4.69. The van der Waals surface area contributed by atoms with E-state index in [-0.39, 0.29) is 6.61 Å². The second-order valence-corrected chi connectivity index (χ2v) is 5.40. The zero-order valence-electron chi connectivity index (χ0n) is 13.2. The molecule has 5 nitrogen and oxygen atoms in total. The second-order valence-electron chi connectivity index (χ2n) is 5.40. The molecule has 0 aliphatic heterocycles. The fourth-order valence-electron chi connectivity index (χ4n) is 2.65. The lowest BCUT2D eigenvalue weighted by Crippen LogP contribution is -2.05. The van der Waals surface area contributed by atoms with Crippen LogP contribution in [0.1, 0.15) is 13.3 Å². The zero-order valence-corrected chi connectivity index (χ0v) is 13.2. The molecule has 0 amide bonds. The number of para-hydroxylation sites is 2. The van der Waals surface area contributed by atoms with E-state index in [1.54, 1.807) is 0 Å². The molecular formula is C18H21N3O2. The number of hydrogen-bond acceptors (Lipinski definition) is 4. The number of fused-ring (bicyclic) bond motifs is 1. The first-order chi connectivity index (χ1) is 11.2. The van der Waals surface area contributed by atoms with Crippen molar-refractivity contribution in [2.24, 2.45) is 0 Å². The fourth-order valence-corrected chi connectivity index (χ4v) is 2.65. The summed E-state index contributed by atoms with van der Waals surface area (Å²) in [6.45, 7) is 3.25. The Hall–Kier alpha value is -2.53. The van der Waals surface area contributed by atoms with Crippen molar-refractivity contribution >= 4 is 16.7 Å². The van der Waals surface area contributed by atoms with Crippen LogP contribution in [0.4, 0.5) is 5.69 Å². The fraction of sp³-hybridized carbons (Fsp3) is 0.278. The Balaban J connectivity index is 2.05. The number of aromatic nitrogens is 2. The van der Waals surface area contributed by atoms with Gasteiger partial charge >= 0.3 is 0 Å². The summed E-state index contributed by atoms with van der Waals surface area (Å²) in [5.74, 6) is 1.49. The Morgan fingerprint density at radius 2 is 2.04 bits per heavy atom. The molecule has 3 rings (SSSR count). The molecule has 3 N–H and O–H groups in total. The van der Waals surface area contributed by atoms with Gasteiger partial charge in [-0.3, -0.25) is 0 Å². The average molecular weight is 311 g/mol. The SMILES string of the molecule is CCCOc1ccc(-c2nc3ccccc3n2CCO)cc1N. The number of ether oxygens (including phenoxy) is 1. The summed E-state index contributed by atoms with van der Waals surface area (Å²) < 4.78 is 7.63. The number of anilines is 1.